The van der Waals surface area contributed by atoms with Gasteiger partial charge in [0.15, 0.2) is 0 Å². The Morgan fingerprint density at radius 1 is 1.67 bits per heavy atom. The standard InChI is InChI=1S/C7H8N2O3/c1-4-6(7(10)11)9-5(12-2)3-8-4/h3H,1-2H3,(H,10,11)/p-1. The van der Waals surface area contributed by atoms with Gasteiger partial charge in [0, 0.05) is 0 Å². The number of carboxylic acids is 1. The lowest BCUT2D eigenvalue weighted by molar-refractivity contribution is -0.255. The molecular weight excluding hydrogens is 160 g/mol. The van der Waals surface area contributed by atoms with Gasteiger partial charge in [0.25, 0.3) is 0 Å². The second-order valence-corrected chi connectivity index (χ2v) is 2.13. The van der Waals surface area contributed by atoms with Gasteiger partial charge >= 0.3 is 0 Å². The van der Waals surface area contributed by atoms with E-state index in [-0.39, 0.29) is 11.6 Å². The Balaban J connectivity index is 3.17. The maximum Gasteiger partial charge on any atom is 0.232 e. The van der Waals surface area contributed by atoms with Crippen molar-refractivity contribution in [3.63, 3.8) is 0 Å². The highest BCUT2D eigenvalue weighted by molar-refractivity contribution is 5.84. The highest BCUT2D eigenvalue weighted by atomic mass is 16.5. The van der Waals surface area contributed by atoms with Crippen molar-refractivity contribution in [1.82, 2.24) is 9.97 Å². The van der Waals surface area contributed by atoms with Gasteiger partial charge in [-0.25, -0.2) is 4.98 Å². The zero-order valence-corrected chi connectivity index (χ0v) is 6.70. The largest absolute Gasteiger partial charge is 0.543 e. The van der Waals surface area contributed by atoms with Gasteiger partial charge in [-0.1, -0.05) is 0 Å². The molecule has 0 aromatic carbocycles. The molecule has 1 heterocycles. The summed E-state index contributed by atoms with van der Waals surface area (Å²) in [6, 6.07) is 0. The van der Waals surface area contributed by atoms with Crippen molar-refractivity contribution >= 4 is 5.97 Å². The molecule has 0 atom stereocenters. The highest BCUT2D eigenvalue weighted by Crippen LogP contribution is 2.07. The number of aromatic nitrogens is 2. The van der Waals surface area contributed by atoms with Crippen LogP contribution in [0.4, 0.5) is 0 Å². The average Bonchev–Trinajstić information content (AvgIpc) is 2.05. The van der Waals surface area contributed by atoms with Gasteiger partial charge in [0.2, 0.25) is 5.88 Å². The summed E-state index contributed by atoms with van der Waals surface area (Å²) in [6.45, 7) is 1.54. The normalized spacial score (nSPS) is 9.50. The van der Waals surface area contributed by atoms with E-state index in [0.717, 1.165) is 0 Å². The van der Waals surface area contributed by atoms with Crippen LogP contribution in [0.1, 0.15) is 16.2 Å². The number of hydrogen-bond donors (Lipinski definition) is 0. The minimum Gasteiger partial charge on any atom is -0.543 e. The summed E-state index contributed by atoms with van der Waals surface area (Å²) in [5.41, 5.74) is 0.130. The van der Waals surface area contributed by atoms with E-state index in [1.807, 2.05) is 0 Å². The van der Waals surface area contributed by atoms with Gasteiger partial charge < -0.3 is 14.6 Å². The number of carbonyl (C=O) groups excluding carboxylic acids is 1. The number of aryl methyl sites for hydroxylation is 1. The zero-order chi connectivity index (χ0) is 9.14. The molecule has 0 N–H and O–H groups in total. The lowest BCUT2D eigenvalue weighted by Crippen LogP contribution is -2.25. The third-order valence-corrected chi connectivity index (χ3v) is 1.34. The molecule has 0 aliphatic rings. The van der Waals surface area contributed by atoms with Gasteiger partial charge in [0.1, 0.15) is 5.69 Å². The third kappa shape index (κ3) is 1.50. The monoisotopic (exact) mass is 167 g/mol. The summed E-state index contributed by atoms with van der Waals surface area (Å²) in [4.78, 5) is 17.8. The second kappa shape index (κ2) is 3.17. The zero-order valence-electron chi connectivity index (χ0n) is 6.70. The molecule has 0 fully saturated rings. The number of carbonyl (C=O) groups is 1. The number of aromatic carboxylic acids is 1. The number of carboxylic acid groups (broad SMARTS) is 1. The summed E-state index contributed by atoms with van der Waals surface area (Å²) < 4.78 is 4.70. The molecule has 1 aromatic heterocycles. The van der Waals surface area contributed by atoms with Crippen molar-refractivity contribution in [3.8, 4) is 5.88 Å². The van der Waals surface area contributed by atoms with E-state index in [9.17, 15) is 9.90 Å². The highest BCUT2D eigenvalue weighted by Gasteiger charge is 2.03. The predicted molar refractivity (Wildman–Crippen MR) is 37.7 cm³/mol. The molecule has 1 aromatic rings. The van der Waals surface area contributed by atoms with Crippen LogP contribution >= 0.6 is 0 Å². The molecule has 0 radical (unpaired) electrons. The summed E-state index contributed by atoms with van der Waals surface area (Å²) in [5.74, 6) is -1.18. The molecule has 0 unspecified atom stereocenters. The number of rotatable bonds is 2. The van der Waals surface area contributed by atoms with Gasteiger partial charge in [-0.2, -0.15) is 0 Å². The minimum atomic E-state index is -1.35. The van der Waals surface area contributed by atoms with Crippen molar-refractivity contribution in [2.45, 2.75) is 6.92 Å². The minimum absolute atomic E-state index is 0.166. The quantitative estimate of drug-likeness (QED) is 0.574. The fraction of sp³-hybridized carbons (Fsp3) is 0.286. The van der Waals surface area contributed by atoms with E-state index in [1.54, 1.807) is 0 Å². The van der Waals surface area contributed by atoms with Crippen LogP contribution in [0.3, 0.4) is 0 Å². The molecule has 0 spiro atoms. The Kier molecular flexibility index (Phi) is 2.23. The molecule has 12 heavy (non-hydrogen) atoms. The Hall–Kier alpha value is -1.65. The van der Waals surface area contributed by atoms with Gasteiger partial charge in [0.05, 0.1) is 25.0 Å². The van der Waals surface area contributed by atoms with E-state index in [0.29, 0.717) is 5.69 Å². The van der Waals surface area contributed by atoms with Crippen molar-refractivity contribution < 1.29 is 14.6 Å². The maximum absolute atomic E-state index is 10.4. The lowest BCUT2D eigenvalue weighted by Gasteiger charge is -2.05. The van der Waals surface area contributed by atoms with Crippen LogP contribution in [0.5, 0.6) is 5.88 Å². The van der Waals surface area contributed by atoms with Gasteiger partial charge in [-0.05, 0) is 6.92 Å². The molecule has 0 aliphatic heterocycles. The van der Waals surface area contributed by atoms with E-state index < -0.39 is 5.97 Å². The molecule has 5 nitrogen and oxygen atoms in total. The van der Waals surface area contributed by atoms with Gasteiger partial charge in [-0.15, -0.1) is 0 Å². The molecular formula is C7H7N2O3-. The summed E-state index contributed by atoms with van der Waals surface area (Å²) >= 11 is 0. The molecule has 1 rings (SSSR count). The Bertz CT molecular complexity index is 312. The molecule has 0 saturated carbocycles. The van der Waals surface area contributed by atoms with Crippen LogP contribution in [-0.4, -0.2) is 23.0 Å². The summed E-state index contributed by atoms with van der Waals surface area (Å²) in [6.07, 6.45) is 1.35. The first-order valence-electron chi connectivity index (χ1n) is 3.24. The van der Waals surface area contributed by atoms with Crippen LogP contribution in [0.2, 0.25) is 0 Å². The Labute approximate surface area is 69.0 Å². The van der Waals surface area contributed by atoms with Crippen LogP contribution in [0.25, 0.3) is 0 Å². The van der Waals surface area contributed by atoms with Crippen LogP contribution in [-0.2, 0) is 0 Å². The topological polar surface area (TPSA) is 75.1 Å². The molecule has 0 saturated heterocycles. The fourth-order valence-corrected chi connectivity index (χ4v) is 0.725. The Morgan fingerprint density at radius 3 is 2.83 bits per heavy atom. The van der Waals surface area contributed by atoms with Crippen LogP contribution in [0, 0.1) is 6.92 Å². The maximum atomic E-state index is 10.4. The lowest BCUT2D eigenvalue weighted by atomic mass is 10.3. The van der Waals surface area contributed by atoms with Crippen LogP contribution in [0.15, 0.2) is 6.20 Å². The predicted octanol–water partition coefficient (Wildman–Crippen LogP) is -0.843. The van der Waals surface area contributed by atoms with E-state index in [1.165, 1.54) is 20.2 Å². The van der Waals surface area contributed by atoms with Crippen molar-refractivity contribution in [2.24, 2.45) is 0 Å². The molecule has 0 amide bonds. The molecule has 0 aliphatic carbocycles. The second-order valence-electron chi connectivity index (χ2n) is 2.13. The van der Waals surface area contributed by atoms with Crippen molar-refractivity contribution in [1.29, 1.82) is 0 Å². The number of hydrogen-bond acceptors (Lipinski definition) is 5. The third-order valence-electron chi connectivity index (χ3n) is 1.34. The first kappa shape index (κ1) is 8.45. The fourth-order valence-electron chi connectivity index (χ4n) is 0.725. The number of methoxy groups -OCH3 is 1. The molecule has 64 valence electrons. The number of nitrogens with zero attached hydrogens (tertiary/aromatic N) is 2. The van der Waals surface area contributed by atoms with E-state index in [4.69, 9.17) is 4.74 Å². The number of ether oxygens (including phenoxy) is 1. The molecule has 5 heteroatoms. The van der Waals surface area contributed by atoms with E-state index >= 15 is 0 Å². The summed E-state index contributed by atoms with van der Waals surface area (Å²) in [7, 11) is 1.39. The van der Waals surface area contributed by atoms with Crippen molar-refractivity contribution in [2.75, 3.05) is 7.11 Å². The SMILES string of the molecule is COc1cnc(C)c(C(=O)[O-])n1. The Morgan fingerprint density at radius 2 is 2.33 bits per heavy atom. The van der Waals surface area contributed by atoms with Crippen LogP contribution < -0.4 is 9.84 Å². The van der Waals surface area contributed by atoms with E-state index in [2.05, 4.69) is 9.97 Å². The smallest absolute Gasteiger partial charge is 0.232 e. The first-order valence-corrected chi connectivity index (χ1v) is 3.24. The van der Waals surface area contributed by atoms with Gasteiger partial charge in [-0.3, -0.25) is 4.98 Å². The van der Waals surface area contributed by atoms with Crippen molar-refractivity contribution in [3.05, 3.63) is 17.6 Å². The molecule has 0 bridgehead atoms. The first-order chi connectivity index (χ1) is 5.65. The summed E-state index contributed by atoms with van der Waals surface area (Å²) in [5, 5.41) is 10.4. The average molecular weight is 167 g/mol.